The number of carbonyl (C=O) groups is 1. The van der Waals surface area contributed by atoms with Crippen molar-refractivity contribution >= 4 is 16.9 Å². The highest BCUT2D eigenvalue weighted by molar-refractivity contribution is 6.01. The van der Waals surface area contributed by atoms with Crippen LogP contribution in [0.2, 0.25) is 0 Å². The van der Waals surface area contributed by atoms with E-state index in [1.54, 1.807) is 19.1 Å². The Morgan fingerprint density at radius 1 is 1.29 bits per heavy atom. The summed E-state index contributed by atoms with van der Waals surface area (Å²) in [5, 5.41) is 12.3. The highest BCUT2D eigenvalue weighted by Gasteiger charge is 2.28. The van der Waals surface area contributed by atoms with Gasteiger partial charge in [0.15, 0.2) is 11.2 Å². The second kappa shape index (κ2) is 8.78. The van der Waals surface area contributed by atoms with E-state index in [0.717, 1.165) is 12.8 Å². The van der Waals surface area contributed by atoms with E-state index in [-0.39, 0.29) is 35.0 Å². The lowest BCUT2D eigenvalue weighted by molar-refractivity contribution is 0.0590. The van der Waals surface area contributed by atoms with Crippen molar-refractivity contribution in [2.45, 2.75) is 32.4 Å². The summed E-state index contributed by atoms with van der Waals surface area (Å²) in [5.74, 6) is -0.0530. The quantitative estimate of drug-likeness (QED) is 0.403. The number of ether oxygens (including phenoxy) is 1. The van der Waals surface area contributed by atoms with Gasteiger partial charge in [-0.1, -0.05) is 22.4 Å². The molecule has 1 aliphatic heterocycles. The molecule has 1 atom stereocenters. The third kappa shape index (κ3) is 3.96. The van der Waals surface area contributed by atoms with Crippen LogP contribution in [-0.2, 0) is 11.4 Å². The third-order valence-electron chi connectivity index (χ3n) is 5.85. The number of likely N-dealkylation sites (tertiary alicyclic amines) is 1. The molecule has 4 heterocycles. The summed E-state index contributed by atoms with van der Waals surface area (Å²) in [7, 11) is 1.24. The molecule has 3 aromatic heterocycles. The van der Waals surface area contributed by atoms with Crippen molar-refractivity contribution in [2.75, 3.05) is 20.2 Å². The maximum absolute atomic E-state index is 13.5. The first-order valence-electron chi connectivity index (χ1n) is 10.7. The fourth-order valence-electron chi connectivity index (χ4n) is 4.19. The number of esters is 1. The number of aromatic nitrogens is 5. The van der Waals surface area contributed by atoms with Crippen LogP contribution in [-0.4, -0.2) is 56.1 Å². The molecule has 0 N–H and O–H groups in total. The summed E-state index contributed by atoms with van der Waals surface area (Å²) in [6, 6.07) is 6.00. The minimum atomic E-state index is -0.683. The van der Waals surface area contributed by atoms with Crippen molar-refractivity contribution < 1.29 is 23.0 Å². The number of hydrogen-bond donors (Lipinski definition) is 0. The normalized spacial score (nSPS) is 16.7. The Kier molecular flexibility index (Phi) is 5.65. The second-order valence-electron chi connectivity index (χ2n) is 8.13. The Morgan fingerprint density at radius 3 is 2.94 bits per heavy atom. The number of fused-ring (bicyclic) bond motifs is 1. The zero-order valence-electron chi connectivity index (χ0n) is 18.5. The van der Waals surface area contributed by atoms with Gasteiger partial charge < -0.3 is 13.8 Å². The SMILES string of the molecule is COC(=O)c1nn(CN2CCCC(c3nc(-c4cccc(F)c4)no3)C2)c(=O)c2noc(C)c12. The molecule has 34 heavy (non-hydrogen) atoms. The first-order valence-corrected chi connectivity index (χ1v) is 10.7. The van der Waals surface area contributed by atoms with Gasteiger partial charge in [0.05, 0.1) is 25.1 Å². The summed E-state index contributed by atoms with van der Waals surface area (Å²) in [5.41, 5.74) is 0.0666. The van der Waals surface area contributed by atoms with E-state index < -0.39 is 11.5 Å². The molecule has 176 valence electrons. The maximum Gasteiger partial charge on any atom is 0.359 e. The fraction of sp³-hybridized carbons (Fsp3) is 0.364. The van der Waals surface area contributed by atoms with Gasteiger partial charge in [0.2, 0.25) is 11.7 Å². The van der Waals surface area contributed by atoms with Gasteiger partial charge in [-0.3, -0.25) is 9.69 Å². The molecule has 0 saturated carbocycles. The van der Waals surface area contributed by atoms with Gasteiger partial charge in [-0.25, -0.2) is 13.9 Å². The number of benzene rings is 1. The molecule has 1 unspecified atom stereocenters. The van der Waals surface area contributed by atoms with Gasteiger partial charge >= 0.3 is 5.97 Å². The van der Waals surface area contributed by atoms with Crippen molar-refractivity contribution in [3.8, 4) is 11.4 Å². The van der Waals surface area contributed by atoms with Crippen LogP contribution in [0.4, 0.5) is 4.39 Å². The lowest BCUT2D eigenvalue weighted by atomic mass is 9.98. The van der Waals surface area contributed by atoms with Crippen LogP contribution in [0.3, 0.4) is 0 Å². The van der Waals surface area contributed by atoms with Crippen molar-refractivity contribution in [2.24, 2.45) is 0 Å². The monoisotopic (exact) mass is 468 g/mol. The summed E-state index contributed by atoms with van der Waals surface area (Å²) < 4.78 is 30.1. The number of rotatable bonds is 5. The fourth-order valence-corrected chi connectivity index (χ4v) is 4.19. The number of nitrogens with zero attached hydrogens (tertiary/aromatic N) is 6. The van der Waals surface area contributed by atoms with Crippen molar-refractivity contribution in [3.05, 3.63) is 57.8 Å². The molecule has 0 radical (unpaired) electrons. The molecule has 1 aliphatic rings. The lowest BCUT2D eigenvalue weighted by Crippen LogP contribution is -2.40. The molecular weight excluding hydrogens is 447 g/mol. The van der Waals surface area contributed by atoms with E-state index in [1.807, 2.05) is 4.90 Å². The smallest absolute Gasteiger partial charge is 0.359 e. The van der Waals surface area contributed by atoms with Gasteiger partial charge in [-0.05, 0) is 38.4 Å². The average molecular weight is 468 g/mol. The zero-order chi connectivity index (χ0) is 23.8. The number of halogens is 1. The summed E-state index contributed by atoms with van der Waals surface area (Å²) in [4.78, 5) is 31.7. The third-order valence-corrected chi connectivity index (χ3v) is 5.85. The van der Waals surface area contributed by atoms with Gasteiger partial charge in [0.25, 0.3) is 5.56 Å². The lowest BCUT2D eigenvalue weighted by Gasteiger charge is -2.30. The summed E-state index contributed by atoms with van der Waals surface area (Å²) in [6.45, 7) is 2.97. The molecular formula is C22H21FN6O5. The van der Waals surface area contributed by atoms with Crippen LogP contribution in [0.5, 0.6) is 0 Å². The highest BCUT2D eigenvalue weighted by atomic mass is 19.1. The van der Waals surface area contributed by atoms with Gasteiger partial charge in [-0.2, -0.15) is 10.1 Å². The van der Waals surface area contributed by atoms with Crippen LogP contribution in [0.1, 0.15) is 40.9 Å². The maximum atomic E-state index is 13.5. The van der Waals surface area contributed by atoms with Crippen LogP contribution in [0.25, 0.3) is 22.3 Å². The molecule has 5 rings (SSSR count). The van der Waals surface area contributed by atoms with Crippen LogP contribution in [0, 0.1) is 12.7 Å². The van der Waals surface area contributed by atoms with Gasteiger partial charge in [-0.15, -0.1) is 0 Å². The molecule has 0 bridgehead atoms. The first-order chi connectivity index (χ1) is 16.4. The van der Waals surface area contributed by atoms with Crippen LogP contribution < -0.4 is 5.56 Å². The van der Waals surface area contributed by atoms with E-state index in [1.165, 1.54) is 23.9 Å². The molecule has 4 aromatic rings. The predicted molar refractivity (Wildman–Crippen MR) is 115 cm³/mol. The molecule has 0 amide bonds. The van der Waals surface area contributed by atoms with Crippen molar-refractivity contribution in [1.82, 2.24) is 30.0 Å². The van der Waals surface area contributed by atoms with Gasteiger partial charge in [0.1, 0.15) is 11.6 Å². The van der Waals surface area contributed by atoms with Crippen LogP contribution >= 0.6 is 0 Å². The molecule has 1 saturated heterocycles. The Morgan fingerprint density at radius 2 is 2.15 bits per heavy atom. The average Bonchev–Trinajstić information content (AvgIpc) is 3.48. The number of aryl methyl sites for hydroxylation is 1. The Bertz CT molecular complexity index is 1430. The number of methoxy groups -OCH3 is 1. The number of hydrogen-bond acceptors (Lipinski definition) is 10. The molecule has 1 fully saturated rings. The molecule has 11 nitrogen and oxygen atoms in total. The summed E-state index contributed by atoms with van der Waals surface area (Å²) >= 11 is 0. The minimum Gasteiger partial charge on any atom is -0.464 e. The van der Waals surface area contributed by atoms with Crippen LogP contribution in [0.15, 0.2) is 38.1 Å². The zero-order valence-corrected chi connectivity index (χ0v) is 18.5. The Balaban J connectivity index is 1.39. The second-order valence-corrected chi connectivity index (χ2v) is 8.13. The first kappa shape index (κ1) is 21.9. The minimum absolute atomic E-state index is 0.0260. The van der Waals surface area contributed by atoms with E-state index in [0.29, 0.717) is 36.1 Å². The topological polar surface area (TPSA) is 129 Å². The van der Waals surface area contributed by atoms with Crippen molar-refractivity contribution in [3.63, 3.8) is 0 Å². The Labute approximate surface area is 192 Å². The molecule has 1 aromatic carbocycles. The number of carbonyl (C=O) groups excluding carboxylic acids is 1. The largest absolute Gasteiger partial charge is 0.464 e. The van der Waals surface area contributed by atoms with E-state index >= 15 is 0 Å². The van der Waals surface area contributed by atoms with E-state index in [2.05, 4.69) is 20.4 Å². The Hall–Kier alpha value is -3.93. The molecule has 0 aliphatic carbocycles. The highest BCUT2D eigenvalue weighted by Crippen LogP contribution is 2.28. The van der Waals surface area contributed by atoms with Gasteiger partial charge in [0, 0.05) is 12.1 Å². The van der Waals surface area contributed by atoms with E-state index in [9.17, 15) is 14.0 Å². The molecule has 0 spiro atoms. The van der Waals surface area contributed by atoms with Crippen molar-refractivity contribution in [1.29, 1.82) is 0 Å². The van der Waals surface area contributed by atoms with E-state index in [4.69, 9.17) is 13.8 Å². The standard InChI is InChI=1S/C22H21FN6O5/c1-12-16-17(26-33-12)21(30)29(25-18(16)22(31)32-2)11-28-8-4-6-14(10-28)20-24-19(27-34-20)13-5-3-7-15(23)9-13/h3,5,7,9,14H,4,6,8,10-11H2,1-2H3. The summed E-state index contributed by atoms with van der Waals surface area (Å²) in [6.07, 6.45) is 1.64. The predicted octanol–water partition coefficient (Wildman–Crippen LogP) is 2.51. The number of piperidine rings is 1. The molecule has 12 heteroatoms.